The standard InChI is InChI=1S/C25H24N4O6S/c1-34-20-11-8-17(9-12-20)28-36(32,33)23-16-18(10-14-22(23)35-2)26-25(31)21-13-15-24(30)29(27-21)19-6-4-3-5-7-19/h3-12,14,16,28H,13,15H2,1-2H3,(H,26,31). The number of hydrogen-bond acceptors (Lipinski definition) is 7. The summed E-state index contributed by atoms with van der Waals surface area (Å²) in [5, 5.41) is 8.09. The first-order chi connectivity index (χ1) is 17.3. The van der Waals surface area contributed by atoms with Crippen molar-refractivity contribution in [2.24, 2.45) is 5.10 Å². The Morgan fingerprint density at radius 1 is 0.917 bits per heavy atom. The van der Waals surface area contributed by atoms with Crippen molar-refractivity contribution in [1.29, 1.82) is 0 Å². The molecule has 4 rings (SSSR count). The Bertz CT molecular complexity index is 1410. The smallest absolute Gasteiger partial charge is 0.271 e. The van der Waals surface area contributed by atoms with Crippen LogP contribution in [-0.2, 0) is 19.6 Å². The molecular formula is C25H24N4O6S. The highest BCUT2D eigenvalue weighted by Crippen LogP contribution is 2.29. The van der Waals surface area contributed by atoms with Crippen LogP contribution in [0.2, 0.25) is 0 Å². The molecule has 0 radical (unpaired) electrons. The Hall–Kier alpha value is -4.38. The van der Waals surface area contributed by atoms with E-state index < -0.39 is 15.9 Å². The molecule has 0 aliphatic carbocycles. The van der Waals surface area contributed by atoms with Gasteiger partial charge in [0.15, 0.2) is 0 Å². The zero-order chi connectivity index (χ0) is 25.7. The van der Waals surface area contributed by atoms with E-state index in [-0.39, 0.29) is 40.8 Å². The van der Waals surface area contributed by atoms with Gasteiger partial charge in [0.05, 0.1) is 19.9 Å². The fraction of sp³-hybridized carbons (Fsp3) is 0.160. The number of methoxy groups -OCH3 is 2. The molecule has 0 bridgehead atoms. The number of carbonyl (C=O) groups is 2. The Morgan fingerprint density at radius 3 is 2.28 bits per heavy atom. The molecule has 1 aliphatic heterocycles. The number of nitrogens with one attached hydrogen (secondary N) is 2. The van der Waals surface area contributed by atoms with E-state index in [4.69, 9.17) is 9.47 Å². The van der Waals surface area contributed by atoms with Crippen LogP contribution in [0.25, 0.3) is 0 Å². The molecule has 10 nitrogen and oxygen atoms in total. The highest BCUT2D eigenvalue weighted by molar-refractivity contribution is 7.92. The zero-order valence-electron chi connectivity index (χ0n) is 19.6. The van der Waals surface area contributed by atoms with Gasteiger partial charge in [0.2, 0.25) is 5.91 Å². The maximum Gasteiger partial charge on any atom is 0.271 e. The minimum Gasteiger partial charge on any atom is -0.497 e. The van der Waals surface area contributed by atoms with Crippen molar-refractivity contribution in [3.8, 4) is 11.5 Å². The van der Waals surface area contributed by atoms with E-state index in [2.05, 4.69) is 15.1 Å². The minimum atomic E-state index is -4.06. The van der Waals surface area contributed by atoms with Crippen LogP contribution in [-0.4, -0.2) is 40.2 Å². The van der Waals surface area contributed by atoms with Gasteiger partial charge in [0.25, 0.3) is 15.9 Å². The van der Waals surface area contributed by atoms with Gasteiger partial charge < -0.3 is 14.8 Å². The van der Waals surface area contributed by atoms with Crippen LogP contribution >= 0.6 is 0 Å². The van der Waals surface area contributed by atoms with Crippen molar-refractivity contribution in [1.82, 2.24) is 0 Å². The average molecular weight is 509 g/mol. The third kappa shape index (κ3) is 5.47. The summed E-state index contributed by atoms with van der Waals surface area (Å²) in [4.78, 5) is 25.1. The lowest BCUT2D eigenvalue weighted by Gasteiger charge is -2.23. The summed E-state index contributed by atoms with van der Waals surface area (Å²) in [5.41, 5.74) is 1.25. The van der Waals surface area contributed by atoms with Crippen LogP contribution in [0.3, 0.4) is 0 Å². The summed E-state index contributed by atoms with van der Waals surface area (Å²) < 4.78 is 39.0. The molecular weight excluding hydrogens is 484 g/mol. The first kappa shape index (κ1) is 24.7. The lowest BCUT2D eigenvalue weighted by molar-refractivity contribution is -0.118. The van der Waals surface area contributed by atoms with Gasteiger partial charge in [-0.05, 0) is 54.6 Å². The monoisotopic (exact) mass is 508 g/mol. The number of anilines is 3. The number of sulfonamides is 1. The maximum atomic E-state index is 13.1. The quantitative estimate of drug-likeness (QED) is 0.479. The Balaban J connectivity index is 1.57. The van der Waals surface area contributed by atoms with E-state index in [1.54, 1.807) is 48.5 Å². The number of hydrazone groups is 1. The highest BCUT2D eigenvalue weighted by Gasteiger charge is 2.26. The van der Waals surface area contributed by atoms with E-state index in [0.29, 0.717) is 17.1 Å². The molecule has 0 saturated carbocycles. The van der Waals surface area contributed by atoms with Crippen LogP contribution in [0.4, 0.5) is 17.1 Å². The average Bonchev–Trinajstić information content (AvgIpc) is 2.89. The highest BCUT2D eigenvalue weighted by atomic mass is 32.2. The maximum absolute atomic E-state index is 13.1. The lowest BCUT2D eigenvalue weighted by Crippen LogP contribution is -2.36. The fourth-order valence-corrected chi connectivity index (χ4v) is 4.78. The molecule has 2 amide bonds. The molecule has 2 N–H and O–H groups in total. The second kappa shape index (κ2) is 10.5. The SMILES string of the molecule is COc1ccc(NS(=O)(=O)c2cc(NC(=O)C3=NN(c4ccccc4)C(=O)CC3)ccc2OC)cc1. The third-order valence-electron chi connectivity index (χ3n) is 5.35. The number of hydrogen-bond donors (Lipinski definition) is 2. The van der Waals surface area contributed by atoms with Crippen molar-refractivity contribution in [2.75, 3.05) is 29.3 Å². The van der Waals surface area contributed by atoms with Crippen LogP contribution in [0.1, 0.15) is 12.8 Å². The predicted octanol–water partition coefficient (Wildman–Crippen LogP) is 3.63. The van der Waals surface area contributed by atoms with Gasteiger partial charge >= 0.3 is 0 Å². The molecule has 0 atom stereocenters. The minimum absolute atomic E-state index is 0.102. The molecule has 1 heterocycles. The van der Waals surface area contributed by atoms with Crippen molar-refractivity contribution < 1.29 is 27.5 Å². The molecule has 0 spiro atoms. The van der Waals surface area contributed by atoms with Gasteiger partial charge in [-0.2, -0.15) is 5.10 Å². The summed E-state index contributed by atoms with van der Waals surface area (Å²) in [7, 11) is -1.19. The van der Waals surface area contributed by atoms with Crippen LogP contribution in [0.5, 0.6) is 11.5 Å². The van der Waals surface area contributed by atoms with E-state index >= 15 is 0 Å². The lowest BCUT2D eigenvalue weighted by atomic mass is 10.1. The normalized spacial score (nSPS) is 13.6. The van der Waals surface area contributed by atoms with Gasteiger partial charge in [-0.3, -0.25) is 14.3 Å². The first-order valence-corrected chi connectivity index (χ1v) is 12.4. The van der Waals surface area contributed by atoms with Crippen LogP contribution < -0.4 is 24.5 Å². The second-order valence-corrected chi connectivity index (χ2v) is 9.39. The van der Waals surface area contributed by atoms with Crippen molar-refractivity contribution >= 4 is 44.6 Å². The van der Waals surface area contributed by atoms with E-state index in [1.165, 1.54) is 37.4 Å². The topological polar surface area (TPSA) is 126 Å². The van der Waals surface area contributed by atoms with Crippen LogP contribution in [0, 0.1) is 0 Å². The number of ether oxygens (including phenoxy) is 2. The number of para-hydroxylation sites is 1. The molecule has 0 unspecified atom stereocenters. The summed E-state index contributed by atoms with van der Waals surface area (Å²) in [5.74, 6) is -0.0801. The second-order valence-electron chi connectivity index (χ2n) is 7.74. The summed E-state index contributed by atoms with van der Waals surface area (Å²) in [6.45, 7) is 0. The fourth-order valence-electron chi connectivity index (χ4n) is 3.52. The molecule has 0 saturated heterocycles. The van der Waals surface area contributed by atoms with Gasteiger partial charge in [-0.15, -0.1) is 0 Å². The van der Waals surface area contributed by atoms with Crippen molar-refractivity contribution in [3.05, 3.63) is 72.8 Å². The number of amides is 2. The molecule has 3 aromatic rings. The molecule has 3 aromatic carbocycles. The molecule has 36 heavy (non-hydrogen) atoms. The summed E-state index contributed by atoms with van der Waals surface area (Å²) in [6.07, 6.45) is 0.281. The van der Waals surface area contributed by atoms with E-state index in [0.717, 1.165) is 0 Å². The predicted molar refractivity (Wildman–Crippen MR) is 136 cm³/mol. The van der Waals surface area contributed by atoms with Crippen molar-refractivity contribution in [2.45, 2.75) is 17.7 Å². The van der Waals surface area contributed by atoms with Gasteiger partial charge in [-0.25, -0.2) is 13.4 Å². The molecule has 0 fully saturated rings. The molecule has 11 heteroatoms. The Morgan fingerprint density at radius 2 is 1.61 bits per heavy atom. The van der Waals surface area contributed by atoms with Crippen molar-refractivity contribution in [3.63, 3.8) is 0 Å². The number of carbonyl (C=O) groups excluding carboxylic acids is 2. The third-order valence-corrected chi connectivity index (χ3v) is 6.75. The zero-order valence-corrected chi connectivity index (χ0v) is 20.4. The van der Waals surface area contributed by atoms with Gasteiger partial charge in [0, 0.05) is 24.2 Å². The molecule has 186 valence electrons. The summed E-state index contributed by atoms with van der Waals surface area (Å²) >= 11 is 0. The van der Waals surface area contributed by atoms with E-state index in [9.17, 15) is 18.0 Å². The number of nitrogens with zero attached hydrogens (tertiary/aromatic N) is 2. The Labute approximate surface area is 208 Å². The van der Waals surface area contributed by atoms with E-state index in [1.807, 2.05) is 6.07 Å². The van der Waals surface area contributed by atoms with Crippen LogP contribution in [0.15, 0.2) is 82.8 Å². The Kier molecular flexibility index (Phi) is 7.20. The molecule has 1 aliphatic rings. The summed E-state index contributed by atoms with van der Waals surface area (Å²) in [6, 6.07) is 19.4. The molecule has 0 aromatic heterocycles. The first-order valence-electron chi connectivity index (χ1n) is 10.9. The van der Waals surface area contributed by atoms with Gasteiger partial charge in [-0.1, -0.05) is 18.2 Å². The number of benzene rings is 3. The number of rotatable bonds is 8. The van der Waals surface area contributed by atoms with Gasteiger partial charge in [0.1, 0.15) is 22.1 Å². The largest absolute Gasteiger partial charge is 0.497 e.